The Kier molecular flexibility index (Phi) is 12.5. The maximum Gasteiger partial charge on any atom is 0.408 e. The highest BCUT2D eigenvalue weighted by Gasteiger charge is 2.41. The molecule has 2 saturated heterocycles. The Morgan fingerprint density at radius 3 is 1.34 bits per heavy atom. The zero-order valence-electron chi connectivity index (χ0n) is 38.0. The molecule has 12 nitrogen and oxygen atoms in total. The molecule has 1 unspecified atom stereocenters. The quantitative estimate of drug-likeness (QED) is 0.164. The summed E-state index contributed by atoms with van der Waals surface area (Å²) >= 11 is 0. The van der Waals surface area contributed by atoms with E-state index in [1.165, 1.54) is 12.1 Å². The molecule has 0 aliphatic carbocycles. The Balaban J connectivity index is 1.28. The Morgan fingerprint density at radius 2 is 1.00 bits per heavy atom. The molecule has 3 aliphatic rings. The zero-order valence-corrected chi connectivity index (χ0v) is 38.0. The van der Waals surface area contributed by atoms with Crippen LogP contribution in [0.3, 0.4) is 0 Å². The van der Waals surface area contributed by atoms with E-state index in [0.717, 1.165) is 70.0 Å². The third kappa shape index (κ3) is 9.15. The van der Waals surface area contributed by atoms with Gasteiger partial charge in [-0.05, 0) is 139 Å². The molecule has 14 heteroatoms. The minimum atomic E-state index is -0.796. The molecule has 2 aromatic carbocycles. The van der Waals surface area contributed by atoms with Gasteiger partial charge in [0.15, 0.2) is 0 Å². The van der Waals surface area contributed by atoms with Gasteiger partial charge in [-0.2, -0.15) is 0 Å². The molecule has 62 heavy (non-hydrogen) atoms. The summed E-state index contributed by atoms with van der Waals surface area (Å²) in [7, 11) is 0. The molecule has 336 valence electrons. The molecular formula is C48H64F2N6O6. The first-order chi connectivity index (χ1) is 29.1. The van der Waals surface area contributed by atoms with Gasteiger partial charge in [0.25, 0.3) is 0 Å². The average Bonchev–Trinajstić information content (AvgIpc) is 3.96. The van der Waals surface area contributed by atoms with E-state index in [2.05, 4.69) is 19.8 Å². The van der Waals surface area contributed by atoms with Crippen LogP contribution in [0.2, 0.25) is 0 Å². The normalized spacial score (nSPS) is 18.9. The number of likely N-dealkylation sites (tertiary alicyclic amines) is 2. The summed E-state index contributed by atoms with van der Waals surface area (Å²) in [4.78, 5) is 58.5. The smallest absolute Gasteiger partial charge is 0.408 e. The number of fused-ring (bicyclic) bond motifs is 7. The van der Waals surface area contributed by atoms with E-state index in [9.17, 15) is 19.2 Å². The van der Waals surface area contributed by atoms with Gasteiger partial charge in [-0.3, -0.25) is 9.59 Å². The maximum atomic E-state index is 15.2. The molecule has 3 aliphatic heterocycles. The number of amides is 4. The Bertz CT molecular complexity index is 2210. The summed E-state index contributed by atoms with van der Waals surface area (Å²) in [6, 6.07) is 7.71. The third-order valence-corrected chi connectivity index (χ3v) is 12.4. The first kappa shape index (κ1) is 44.9. The fourth-order valence-corrected chi connectivity index (χ4v) is 9.81. The van der Waals surface area contributed by atoms with Crippen LogP contribution in [0.1, 0.15) is 106 Å². The van der Waals surface area contributed by atoms with Crippen molar-refractivity contribution in [2.75, 3.05) is 13.1 Å². The molecule has 2 fully saturated rings. The van der Waals surface area contributed by atoms with Crippen LogP contribution < -0.4 is 10.6 Å². The highest BCUT2D eigenvalue weighted by Crippen LogP contribution is 2.45. The predicted molar refractivity (Wildman–Crippen MR) is 236 cm³/mol. The Labute approximate surface area is 363 Å². The summed E-state index contributed by atoms with van der Waals surface area (Å²) in [5, 5.41) is 7.46. The van der Waals surface area contributed by atoms with Crippen molar-refractivity contribution in [2.24, 2.45) is 11.8 Å². The van der Waals surface area contributed by atoms with Crippen LogP contribution in [0, 0.1) is 23.5 Å². The number of aromatic nitrogens is 2. The number of aryl methyl sites for hydroxylation is 2. The number of nitrogens with one attached hydrogen (secondary N) is 2. The number of halogens is 2. The molecule has 0 spiro atoms. The van der Waals surface area contributed by atoms with Crippen molar-refractivity contribution in [3.8, 4) is 11.4 Å². The highest BCUT2D eigenvalue weighted by atomic mass is 19.1. The standard InChI is InChI=1S/C48H64F2N6O6/c1-27(2)39(51-45(59)61-47(5,6)7)43(57)53-19-11-13-31(53)25-35-33-17-15-29(49)23-37(33)55-21-22-56-38-24-30(50)16-18-34(38)36(42(56)41(35)55)26-32-14-12-20-54(32)44(58)40(28(3)4)52-46(60)62-48(8,9)10/h15-18,23-24,27-28,31-32,39-40H,11-14,19-22,25-26H2,1-10H3,(H,51,59)(H,52,60)/t31-,32-,39-,40?/m0/s1. The van der Waals surface area contributed by atoms with E-state index in [4.69, 9.17) is 9.47 Å². The number of carbonyl (C=O) groups excluding carboxylic acids is 4. The van der Waals surface area contributed by atoms with E-state index in [1.807, 2.05) is 49.6 Å². The van der Waals surface area contributed by atoms with E-state index >= 15 is 8.78 Å². The lowest BCUT2D eigenvalue weighted by atomic mass is 9.94. The summed E-state index contributed by atoms with van der Waals surface area (Å²) in [6.07, 6.45) is 2.71. The van der Waals surface area contributed by atoms with Gasteiger partial charge in [0.05, 0.1) is 22.4 Å². The zero-order chi connectivity index (χ0) is 45.0. The molecule has 4 aromatic rings. The summed E-state index contributed by atoms with van der Waals surface area (Å²) in [5.41, 5.74) is 3.78. The first-order valence-corrected chi connectivity index (χ1v) is 22.3. The van der Waals surface area contributed by atoms with Crippen LogP contribution in [0.25, 0.3) is 33.2 Å². The van der Waals surface area contributed by atoms with Crippen molar-refractivity contribution in [1.29, 1.82) is 0 Å². The van der Waals surface area contributed by atoms with Crippen LogP contribution in [0.4, 0.5) is 18.4 Å². The predicted octanol–water partition coefficient (Wildman–Crippen LogP) is 8.72. The van der Waals surface area contributed by atoms with Gasteiger partial charge in [0.1, 0.15) is 34.9 Å². The molecule has 2 N–H and O–H groups in total. The summed E-state index contributed by atoms with van der Waals surface area (Å²) in [6.45, 7) is 20.4. The van der Waals surface area contributed by atoms with Crippen molar-refractivity contribution in [2.45, 2.75) is 156 Å². The second kappa shape index (κ2) is 17.2. The van der Waals surface area contributed by atoms with E-state index in [0.29, 0.717) is 39.0 Å². The molecule has 0 radical (unpaired) electrons. The van der Waals surface area contributed by atoms with Gasteiger partial charge in [-0.1, -0.05) is 27.7 Å². The number of carbonyl (C=O) groups is 4. The minimum absolute atomic E-state index is 0.172. The largest absolute Gasteiger partial charge is 0.444 e. The molecular weight excluding hydrogens is 795 g/mol. The number of nitrogens with zero attached hydrogens (tertiary/aromatic N) is 4. The molecule has 4 atom stereocenters. The van der Waals surface area contributed by atoms with Crippen LogP contribution in [0.15, 0.2) is 36.4 Å². The van der Waals surface area contributed by atoms with Gasteiger partial charge in [-0.25, -0.2) is 18.4 Å². The molecule has 2 aromatic heterocycles. The van der Waals surface area contributed by atoms with Crippen LogP contribution in [0.5, 0.6) is 0 Å². The summed E-state index contributed by atoms with van der Waals surface area (Å²) in [5.74, 6) is -1.46. The first-order valence-electron chi connectivity index (χ1n) is 22.3. The molecule has 7 rings (SSSR count). The van der Waals surface area contributed by atoms with Gasteiger partial charge in [0.2, 0.25) is 11.8 Å². The number of benzene rings is 2. The van der Waals surface area contributed by atoms with E-state index < -0.39 is 35.5 Å². The number of rotatable bonds is 10. The fourth-order valence-electron chi connectivity index (χ4n) is 9.81. The third-order valence-electron chi connectivity index (χ3n) is 12.4. The van der Waals surface area contributed by atoms with Crippen molar-refractivity contribution in [1.82, 2.24) is 29.6 Å². The lowest BCUT2D eigenvalue weighted by molar-refractivity contribution is -0.136. The van der Waals surface area contributed by atoms with Crippen molar-refractivity contribution in [3.63, 3.8) is 0 Å². The van der Waals surface area contributed by atoms with Gasteiger partial charge >= 0.3 is 12.2 Å². The van der Waals surface area contributed by atoms with Crippen molar-refractivity contribution < 1.29 is 37.4 Å². The lowest BCUT2D eigenvalue weighted by Crippen LogP contribution is -2.53. The van der Waals surface area contributed by atoms with Gasteiger partial charge < -0.3 is 39.0 Å². The maximum absolute atomic E-state index is 15.2. The lowest BCUT2D eigenvalue weighted by Gasteiger charge is -2.32. The second-order valence-electron chi connectivity index (χ2n) is 20.1. The monoisotopic (exact) mass is 858 g/mol. The van der Waals surface area contributed by atoms with Crippen molar-refractivity contribution >= 4 is 45.8 Å². The summed E-state index contributed by atoms with van der Waals surface area (Å²) < 4.78 is 45.8. The van der Waals surface area contributed by atoms with Gasteiger partial charge in [0, 0.05) is 49.0 Å². The number of ether oxygens (including phenoxy) is 2. The molecule has 0 saturated carbocycles. The highest BCUT2D eigenvalue weighted by molar-refractivity contribution is 5.98. The van der Waals surface area contributed by atoms with Crippen LogP contribution >= 0.6 is 0 Å². The van der Waals surface area contributed by atoms with Gasteiger partial charge in [-0.15, -0.1) is 0 Å². The Hall–Kier alpha value is -5.14. The van der Waals surface area contributed by atoms with Crippen LogP contribution in [-0.2, 0) is 45.0 Å². The fraction of sp³-hybridized carbons (Fsp3) is 0.583. The molecule has 4 amide bonds. The number of alkyl carbamates (subject to hydrolysis) is 2. The number of hydrogen-bond donors (Lipinski definition) is 2. The number of hydrogen-bond acceptors (Lipinski definition) is 6. The topological polar surface area (TPSA) is 127 Å². The molecule has 5 heterocycles. The van der Waals surface area contributed by atoms with E-state index in [1.54, 1.807) is 53.7 Å². The SMILES string of the molecule is CC(C)C(NC(=O)OC(C)(C)C)C(=O)N1CCC[C@H]1Cc1c2n(c3cc(F)ccc13)CCn1c-2c(C[C@@H]2CCCN2C(=O)[C@@H](NC(=O)OC(C)(C)C)C(C)C)c2ccc(F)cc21. The average molecular weight is 859 g/mol. The minimum Gasteiger partial charge on any atom is -0.444 e. The molecule has 0 bridgehead atoms. The van der Waals surface area contributed by atoms with E-state index in [-0.39, 0.29) is 47.4 Å². The second-order valence-corrected chi connectivity index (χ2v) is 20.1. The Morgan fingerprint density at radius 1 is 0.629 bits per heavy atom. The van der Waals surface area contributed by atoms with Crippen molar-refractivity contribution in [3.05, 3.63) is 59.2 Å². The van der Waals surface area contributed by atoms with Crippen LogP contribution in [-0.4, -0.2) is 91.4 Å².